The quantitative estimate of drug-likeness (QED) is 0.611. The molecule has 2 aromatic rings. The fourth-order valence-electron chi connectivity index (χ4n) is 4.02. The van der Waals surface area contributed by atoms with Crippen LogP contribution in [0, 0.1) is 5.82 Å². The fraction of sp³-hybridized carbons (Fsp3) is 0.391. The highest BCUT2D eigenvalue weighted by molar-refractivity contribution is 5.95. The molecular formula is C23H27FN4O. The lowest BCUT2D eigenvalue weighted by molar-refractivity contribution is 0.0955. The molecule has 29 heavy (non-hydrogen) atoms. The van der Waals surface area contributed by atoms with Crippen molar-refractivity contribution in [2.45, 2.75) is 32.1 Å². The first-order valence-corrected chi connectivity index (χ1v) is 10.4. The number of benzene rings is 2. The summed E-state index contributed by atoms with van der Waals surface area (Å²) in [5, 5.41) is 3.99. The summed E-state index contributed by atoms with van der Waals surface area (Å²) >= 11 is 0. The third-order valence-electron chi connectivity index (χ3n) is 5.65. The summed E-state index contributed by atoms with van der Waals surface area (Å²) in [6, 6.07) is 12.6. The maximum atomic E-state index is 14.5. The lowest BCUT2D eigenvalue weighted by atomic mass is 10.1. The maximum Gasteiger partial charge on any atom is 0.271 e. The molecule has 2 heterocycles. The van der Waals surface area contributed by atoms with Crippen molar-refractivity contribution in [3.8, 4) is 0 Å². The van der Waals surface area contributed by atoms with Gasteiger partial charge in [0.1, 0.15) is 5.82 Å². The normalized spacial score (nSPS) is 17.1. The van der Waals surface area contributed by atoms with Crippen LogP contribution in [-0.4, -0.2) is 38.3 Å². The monoisotopic (exact) mass is 394 g/mol. The molecule has 0 unspecified atom stereocenters. The number of rotatable bonds is 5. The Morgan fingerprint density at radius 3 is 2.24 bits per heavy atom. The lowest BCUT2D eigenvalue weighted by Crippen LogP contribution is -2.30. The number of nitrogens with one attached hydrogen (secondary N) is 1. The molecule has 2 aliphatic heterocycles. The van der Waals surface area contributed by atoms with Crippen LogP contribution < -0.4 is 15.2 Å². The SMILES string of the molecule is O=C(N/N=C\c1ccc(N2CCCCC2)c(F)c1)c1ccc(N2CCCC2)cc1. The van der Waals surface area contributed by atoms with E-state index in [0.717, 1.165) is 44.7 Å². The fourth-order valence-corrected chi connectivity index (χ4v) is 4.02. The molecule has 0 atom stereocenters. The summed E-state index contributed by atoms with van der Waals surface area (Å²) in [5.74, 6) is -0.528. The summed E-state index contributed by atoms with van der Waals surface area (Å²) < 4.78 is 14.5. The third-order valence-corrected chi connectivity index (χ3v) is 5.65. The van der Waals surface area contributed by atoms with Crippen molar-refractivity contribution in [2.24, 2.45) is 5.10 Å². The van der Waals surface area contributed by atoms with E-state index in [2.05, 4.69) is 20.3 Å². The summed E-state index contributed by atoms with van der Waals surface area (Å²) in [7, 11) is 0. The number of hydrazone groups is 1. The number of halogens is 1. The average molecular weight is 394 g/mol. The standard InChI is InChI=1S/C23H27FN4O/c24-21-16-18(6-11-22(21)28-14-2-1-3-15-28)17-25-26-23(29)19-7-9-20(10-8-19)27-12-4-5-13-27/h6-11,16-17H,1-5,12-15H2,(H,26,29)/b25-17-. The molecule has 1 amide bonds. The van der Waals surface area contributed by atoms with Gasteiger partial charge in [0.25, 0.3) is 5.91 Å². The summed E-state index contributed by atoms with van der Waals surface area (Å²) in [6.45, 7) is 3.94. The number of hydrogen-bond donors (Lipinski definition) is 1. The van der Waals surface area contributed by atoms with E-state index in [4.69, 9.17) is 0 Å². The molecule has 0 aromatic heterocycles. The van der Waals surface area contributed by atoms with E-state index >= 15 is 0 Å². The smallest absolute Gasteiger partial charge is 0.271 e. The van der Waals surface area contributed by atoms with Crippen LogP contribution in [0.25, 0.3) is 0 Å². The number of hydrogen-bond acceptors (Lipinski definition) is 4. The predicted octanol–water partition coefficient (Wildman–Crippen LogP) is 4.18. The van der Waals surface area contributed by atoms with Gasteiger partial charge in [0.15, 0.2) is 0 Å². The van der Waals surface area contributed by atoms with E-state index in [1.165, 1.54) is 31.5 Å². The molecule has 2 saturated heterocycles. The Morgan fingerprint density at radius 2 is 1.55 bits per heavy atom. The second kappa shape index (κ2) is 9.07. The van der Waals surface area contributed by atoms with Crippen LogP contribution in [0.4, 0.5) is 15.8 Å². The molecule has 2 aliphatic rings. The summed E-state index contributed by atoms with van der Waals surface area (Å²) in [5.41, 5.74) is 5.48. The Labute approximate surface area is 171 Å². The van der Waals surface area contributed by atoms with Crippen molar-refractivity contribution in [3.63, 3.8) is 0 Å². The molecule has 0 aliphatic carbocycles. The van der Waals surface area contributed by atoms with Gasteiger partial charge in [-0.25, -0.2) is 9.82 Å². The van der Waals surface area contributed by atoms with Gasteiger partial charge in [-0.05, 0) is 74.1 Å². The van der Waals surface area contributed by atoms with E-state index in [0.29, 0.717) is 16.8 Å². The van der Waals surface area contributed by atoms with Crippen LogP contribution in [0.1, 0.15) is 48.0 Å². The van der Waals surface area contributed by atoms with Gasteiger partial charge in [-0.3, -0.25) is 4.79 Å². The highest BCUT2D eigenvalue weighted by atomic mass is 19.1. The Kier molecular flexibility index (Phi) is 6.08. The Bertz CT molecular complexity index is 869. The molecule has 2 aromatic carbocycles. The minimum absolute atomic E-state index is 0.250. The predicted molar refractivity (Wildman–Crippen MR) is 115 cm³/mol. The number of piperidine rings is 1. The van der Waals surface area contributed by atoms with Gasteiger partial charge in [-0.15, -0.1) is 0 Å². The highest BCUT2D eigenvalue weighted by Gasteiger charge is 2.15. The van der Waals surface area contributed by atoms with Crippen molar-refractivity contribution in [3.05, 3.63) is 59.4 Å². The minimum atomic E-state index is -0.278. The minimum Gasteiger partial charge on any atom is -0.372 e. The number of carbonyl (C=O) groups excluding carboxylic acids is 1. The Morgan fingerprint density at radius 1 is 0.897 bits per heavy atom. The van der Waals surface area contributed by atoms with Gasteiger partial charge in [-0.1, -0.05) is 6.07 Å². The van der Waals surface area contributed by atoms with E-state index < -0.39 is 0 Å². The van der Waals surface area contributed by atoms with Crippen LogP contribution in [-0.2, 0) is 0 Å². The Hall–Kier alpha value is -2.89. The van der Waals surface area contributed by atoms with Crippen LogP contribution >= 0.6 is 0 Å². The zero-order valence-corrected chi connectivity index (χ0v) is 16.6. The van der Waals surface area contributed by atoms with Crippen molar-refractivity contribution in [1.82, 2.24) is 5.43 Å². The Balaban J connectivity index is 1.34. The topological polar surface area (TPSA) is 47.9 Å². The second-order valence-corrected chi connectivity index (χ2v) is 7.70. The zero-order chi connectivity index (χ0) is 20.1. The molecule has 0 spiro atoms. The van der Waals surface area contributed by atoms with Gasteiger partial charge < -0.3 is 9.80 Å². The number of amides is 1. The number of carbonyl (C=O) groups is 1. The number of anilines is 2. The molecule has 4 rings (SSSR count). The molecule has 6 heteroatoms. The molecule has 0 bridgehead atoms. The van der Waals surface area contributed by atoms with Crippen LogP contribution in [0.5, 0.6) is 0 Å². The first kappa shape index (κ1) is 19.4. The van der Waals surface area contributed by atoms with Crippen molar-refractivity contribution in [1.29, 1.82) is 0 Å². The maximum absolute atomic E-state index is 14.5. The molecule has 2 fully saturated rings. The molecule has 1 N–H and O–H groups in total. The van der Waals surface area contributed by atoms with Crippen LogP contribution in [0.2, 0.25) is 0 Å². The number of nitrogens with zero attached hydrogens (tertiary/aromatic N) is 3. The van der Waals surface area contributed by atoms with Crippen molar-refractivity contribution in [2.75, 3.05) is 36.0 Å². The van der Waals surface area contributed by atoms with E-state index in [1.807, 2.05) is 30.3 Å². The zero-order valence-electron chi connectivity index (χ0n) is 16.6. The lowest BCUT2D eigenvalue weighted by Gasteiger charge is -2.29. The van der Waals surface area contributed by atoms with E-state index in [-0.39, 0.29) is 11.7 Å². The first-order valence-electron chi connectivity index (χ1n) is 10.4. The largest absolute Gasteiger partial charge is 0.372 e. The van der Waals surface area contributed by atoms with Gasteiger partial charge in [0.2, 0.25) is 0 Å². The van der Waals surface area contributed by atoms with Crippen LogP contribution in [0.15, 0.2) is 47.6 Å². The van der Waals surface area contributed by atoms with E-state index in [1.54, 1.807) is 6.07 Å². The van der Waals surface area contributed by atoms with Crippen molar-refractivity contribution >= 4 is 23.5 Å². The molecule has 5 nitrogen and oxygen atoms in total. The van der Waals surface area contributed by atoms with Gasteiger partial charge in [0.05, 0.1) is 11.9 Å². The first-order chi connectivity index (χ1) is 14.2. The summed E-state index contributed by atoms with van der Waals surface area (Å²) in [4.78, 5) is 16.7. The summed E-state index contributed by atoms with van der Waals surface area (Å²) in [6.07, 6.45) is 7.33. The second-order valence-electron chi connectivity index (χ2n) is 7.70. The van der Waals surface area contributed by atoms with Gasteiger partial charge in [-0.2, -0.15) is 5.10 Å². The third kappa shape index (κ3) is 4.75. The highest BCUT2D eigenvalue weighted by Crippen LogP contribution is 2.24. The van der Waals surface area contributed by atoms with E-state index in [9.17, 15) is 9.18 Å². The molecule has 0 saturated carbocycles. The van der Waals surface area contributed by atoms with Crippen molar-refractivity contribution < 1.29 is 9.18 Å². The van der Waals surface area contributed by atoms with Gasteiger partial charge >= 0.3 is 0 Å². The molecular weight excluding hydrogens is 367 g/mol. The molecule has 0 radical (unpaired) electrons. The van der Waals surface area contributed by atoms with Gasteiger partial charge in [0, 0.05) is 37.4 Å². The van der Waals surface area contributed by atoms with Crippen LogP contribution in [0.3, 0.4) is 0 Å². The average Bonchev–Trinajstić information content (AvgIpc) is 3.29. The molecule has 152 valence electrons.